The molecule has 5 heteroatoms. The minimum absolute atomic E-state index is 0.0939. The van der Waals surface area contributed by atoms with Crippen LogP contribution in [0.25, 0.3) is 0 Å². The smallest absolute Gasteiger partial charge is 0.332 e. The van der Waals surface area contributed by atoms with Crippen molar-refractivity contribution in [1.29, 1.82) is 0 Å². The van der Waals surface area contributed by atoms with Gasteiger partial charge >= 0.3 is 5.97 Å². The van der Waals surface area contributed by atoms with Gasteiger partial charge in [0.1, 0.15) is 0 Å². The highest BCUT2D eigenvalue weighted by molar-refractivity contribution is 9.10. The molecule has 126 valence electrons. The molecule has 0 radical (unpaired) electrons. The Balaban J connectivity index is 2.05. The summed E-state index contributed by atoms with van der Waals surface area (Å²) in [7, 11) is 1.78. The molecule has 1 aromatic carbocycles. The molecule has 1 saturated carbocycles. The van der Waals surface area contributed by atoms with E-state index in [1.54, 1.807) is 7.11 Å². The summed E-state index contributed by atoms with van der Waals surface area (Å²) in [5.74, 6) is 5.13. The molecule has 2 N–H and O–H groups in total. The number of rotatable bonds is 3. The lowest BCUT2D eigenvalue weighted by Crippen LogP contribution is -2.45. The highest BCUT2D eigenvalue weighted by Crippen LogP contribution is 2.59. The van der Waals surface area contributed by atoms with Gasteiger partial charge in [-0.3, -0.25) is 0 Å². The molecule has 4 atom stereocenters. The third kappa shape index (κ3) is 2.73. The van der Waals surface area contributed by atoms with Crippen LogP contribution in [0.3, 0.4) is 0 Å². The highest BCUT2D eigenvalue weighted by Gasteiger charge is 2.56. The van der Waals surface area contributed by atoms with E-state index in [1.807, 2.05) is 6.07 Å². The Morgan fingerprint density at radius 3 is 2.91 bits per heavy atom. The molecule has 0 aromatic heterocycles. The summed E-state index contributed by atoms with van der Waals surface area (Å²) in [6, 6.07) is 6.23. The molecule has 2 aliphatic rings. The zero-order valence-corrected chi connectivity index (χ0v) is 15.3. The molecular weight excluding hydrogens is 358 g/mol. The fourth-order valence-corrected chi connectivity index (χ4v) is 5.27. The summed E-state index contributed by atoms with van der Waals surface area (Å²) in [5.41, 5.74) is 2.23. The Kier molecular flexibility index (Phi) is 4.81. The molecule has 0 amide bonds. The topological polar surface area (TPSA) is 61.5 Å². The molecule has 1 aromatic rings. The number of nitrogens with two attached hydrogens (primary N) is 1. The number of fused-ring (bicyclic) bond motifs is 1. The van der Waals surface area contributed by atoms with Gasteiger partial charge in [0.25, 0.3) is 0 Å². The van der Waals surface area contributed by atoms with Crippen molar-refractivity contribution in [3.05, 3.63) is 33.8 Å². The van der Waals surface area contributed by atoms with Crippen LogP contribution in [-0.4, -0.2) is 19.2 Å². The minimum Gasteiger partial charge on any atom is -0.381 e. The molecule has 0 heterocycles. The first-order valence-electron chi connectivity index (χ1n) is 8.27. The van der Waals surface area contributed by atoms with E-state index in [0.29, 0.717) is 5.92 Å². The van der Waals surface area contributed by atoms with Crippen molar-refractivity contribution in [1.82, 2.24) is 0 Å². The van der Waals surface area contributed by atoms with Crippen molar-refractivity contribution >= 4 is 21.9 Å². The van der Waals surface area contributed by atoms with Gasteiger partial charge in [-0.25, -0.2) is 4.79 Å². The monoisotopic (exact) mass is 381 g/mol. The van der Waals surface area contributed by atoms with Crippen molar-refractivity contribution in [3.8, 4) is 0 Å². The zero-order valence-electron chi connectivity index (χ0n) is 13.7. The average molecular weight is 382 g/mol. The van der Waals surface area contributed by atoms with Crippen molar-refractivity contribution in [2.75, 3.05) is 7.11 Å². The van der Waals surface area contributed by atoms with Gasteiger partial charge in [0.05, 0.1) is 12.0 Å². The van der Waals surface area contributed by atoms with Gasteiger partial charge < -0.3 is 9.57 Å². The Bertz CT molecular complexity index is 606. The van der Waals surface area contributed by atoms with Crippen molar-refractivity contribution < 1.29 is 14.4 Å². The molecule has 3 rings (SSSR count). The second-order valence-electron chi connectivity index (χ2n) is 6.86. The molecular formula is C18H24BrNO3. The zero-order chi connectivity index (χ0) is 16.6. The molecule has 23 heavy (non-hydrogen) atoms. The van der Waals surface area contributed by atoms with Gasteiger partial charge in [0.2, 0.25) is 0 Å². The predicted molar refractivity (Wildman–Crippen MR) is 91.7 cm³/mol. The fourth-order valence-electron chi connectivity index (χ4n) is 4.90. The number of carbonyl (C=O) groups is 1. The van der Waals surface area contributed by atoms with Crippen LogP contribution in [0.4, 0.5) is 0 Å². The maximum Gasteiger partial charge on any atom is 0.332 e. The van der Waals surface area contributed by atoms with E-state index in [0.717, 1.165) is 42.1 Å². The van der Waals surface area contributed by atoms with E-state index in [9.17, 15) is 4.79 Å². The maximum absolute atomic E-state index is 12.6. The van der Waals surface area contributed by atoms with Crippen molar-refractivity contribution in [3.63, 3.8) is 0 Å². The Labute approximate surface area is 145 Å². The second-order valence-corrected chi connectivity index (χ2v) is 7.78. The van der Waals surface area contributed by atoms with E-state index in [2.05, 4.69) is 35.0 Å². The van der Waals surface area contributed by atoms with Crippen molar-refractivity contribution in [2.24, 2.45) is 17.2 Å². The molecule has 0 bridgehead atoms. The average Bonchev–Trinajstić information content (AvgIpc) is 2.88. The number of halogens is 1. The molecule has 1 fully saturated rings. The third-order valence-corrected chi connectivity index (χ3v) is 6.48. The number of methoxy groups -OCH3 is 1. The highest BCUT2D eigenvalue weighted by atomic mass is 79.9. The summed E-state index contributed by atoms with van der Waals surface area (Å²) >= 11 is 3.53. The largest absolute Gasteiger partial charge is 0.381 e. The van der Waals surface area contributed by atoms with E-state index >= 15 is 0 Å². The minimum atomic E-state index is -0.309. The standard InChI is InChI=1S/C18H24BrNO3/c1-3-12-8-14(22-2)6-7-18(12)10-11-4-5-13(19)9-15(11)16(18)17(21)23-20/h4-5,9,12,14,16H,3,6-8,10,20H2,1-2H3/t12?,14-,16-,18+/m0/s1. The molecule has 4 nitrogen and oxygen atoms in total. The van der Waals surface area contributed by atoms with Crippen LogP contribution in [0.15, 0.2) is 22.7 Å². The third-order valence-electron chi connectivity index (χ3n) is 5.98. The van der Waals surface area contributed by atoms with Crippen LogP contribution >= 0.6 is 15.9 Å². The normalized spacial score (nSPS) is 32.8. The number of ether oxygens (including phenoxy) is 1. The molecule has 1 spiro atoms. The van der Waals surface area contributed by atoms with E-state index in [4.69, 9.17) is 15.5 Å². The predicted octanol–water partition coefficient (Wildman–Crippen LogP) is 3.72. The second kappa shape index (κ2) is 6.54. The first kappa shape index (κ1) is 16.9. The van der Waals surface area contributed by atoms with Gasteiger partial charge in [0, 0.05) is 11.6 Å². The number of hydrogen-bond acceptors (Lipinski definition) is 4. The van der Waals surface area contributed by atoms with Crippen LogP contribution in [-0.2, 0) is 20.8 Å². The van der Waals surface area contributed by atoms with Gasteiger partial charge in [-0.05, 0) is 60.3 Å². The summed E-state index contributed by atoms with van der Waals surface area (Å²) < 4.78 is 6.58. The quantitative estimate of drug-likeness (QED) is 0.810. The first-order chi connectivity index (χ1) is 11.1. The van der Waals surface area contributed by atoms with Crippen molar-refractivity contribution in [2.45, 2.75) is 51.0 Å². The summed E-state index contributed by atoms with van der Waals surface area (Å²) in [4.78, 5) is 17.3. The van der Waals surface area contributed by atoms with Crippen LogP contribution in [0, 0.1) is 11.3 Å². The Morgan fingerprint density at radius 2 is 2.26 bits per heavy atom. The molecule has 1 unspecified atom stereocenters. The Hall–Kier alpha value is -0.910. The van der Waals surface area contributed by atoms with Gasteiger partial charge in [-0.2, -0.15) is 5.90 Å². The van der Waals surface area contributed by atoms with Gasteiger partial charge in [0.15, 0.2) is 0 Å². The number of hydrogen-bond donors (Lipinski definition) is 1. The van der Waals surface area contributed by atoms with Crippen LogP contribution in [0.1, 0.15) is 49.7 Å². The van der Waals surface area contributed by atoms with E-state index in [-0.39, 0.29) is 23.4 Å². The molecule has 2 aliphatic carbocycles. The van der Waals surface area contributed by atoms with Gasteiger partial charge in [-0.15, -0.1) is 0 Å². The summed E-state index contributed by atoms with van der Waals surface area (Å²) in [5, 5.41) is 0. The summed E-state index contributed by atoms with van der Waals surface area (Å²) in [6.07, 6.45) is 5.19. The molecule has 0 saturated heterocycles. The van der Waals surface area contributed by atoms with E-state index in [1.165, 1.54) is 5.56 Å². The van der Waals surface area contributed by atoms with Crippen LogP contribution in [0.2, 0.25) is 0 Å². The lowest BCUT2D eigenvalue weighted by Gasteiger charge is -2.46. The fraction of sp³-hybridized carbons (Fsp3) is 0.611. The van der Waals surface area contributed by atoms with Crippen LogP contribution < -0.4 is 5.90 Å². The lowest BCUT2D eigenvalue weighted by atomic mass is 9.58. The van der Waals surface area contributed by atoms with E-state index < -0.39 is 0 Å². The van der Waals surface area contributed by atoms with Gasteiger partial charge in [-0.1, -0.05) is 35.3 Å². The number of carbonyl (C=O) groups excluding carboxylic acids is 1. The first-order valence-corrected chi connectivity index (χ1v) is 9.06. The van der Waals surface area contributed by atoms with Crippen LogP contribution in [0.5, 0.6) is 0 Å². The lowest BCUT2D eigenvalue weighted by molar-refractivity contribution is -0.152. The maximum atomic E-state index is 12.6. The SMILES string of the molecule is CCC1C[C@@H](OC)CC[C@@]12Cc1ccc(Br)cc1[C@H]2C(=O)ON. The summed E-state index contributed by atoms with van der Waals surface area (Å²) in [6.45, 7) is 2.20. The Morgan fingerprint density at radius 1 is 1.48 bits per heavy atom. The number of benzene rings is 1. The molecule has 0 aliphatic heterocycles.